The van der Waals surface area contributed by atoms with E-state index in [9.17, 15) is 32.3 Å². The van der Waals surface area contributed by atoms with Crippen LogP contribution in [0.25, 0.3) is 0 Å². The van der Waals surface area contributed by atoms with Gasteiger partial charge in [-0.1, -0.05) is 23.7 Å². The number of amides is 2. The second-order valence-electron chi connectivity index (χ2n) is 9.45. The van der Waals surface area contributed by atoms with Gasteiger partial charge in [0.1, 0.15) is 11.6 Å². The summed E-state index contributed by atoms with van der Waals surface area (Å²) in [4.78, 5) is 25.5. The van der Waals surface area contributed by atoms with E-state index in [-0.39, 0.29) is 36.3 Å². The Balaban J connectivity index is 1.30. The summed E-state index contributed by atoms with van der Waals surface area (Å²) < 4.78 is 57.1. The average molecular weight is 529 g/mol. The molecule has 0 aromatic heterocycles. The number of aliphatic hydroxyl groups is 1. The predicted octanol–water partition coefficient (Wildman–Crippen LogP) is 4.37. The quantitative estimate of drug-likeness (QED) is 0.466. The van der Waals surface area contributed by atoms with Crippen LogP contribution in [0.5, 0.6) is 5.75 Å². The first-order valence-electron chi connectivity index (χ1n) is 11.4. The zero-order chi connectivity index (χ0) is 26.1. The van der Waals surface area contributed by atoms with Crippen LogP contribution in [0.3, 0.4) is 0 Å². The predicted molar refractivity (Wildman–Crippen MR) is 123 cm³/mol. The van der Waals surface area contributed by atoms with E-state index in [4.69, 9.17) is 16.3 Å². The lowest BCUT2D eigenvalue weighted by Crippen LogP contribution is -2.65. The highest BCUT2D eigenvalue weighted by Gasteiger charge is 2.58. The van der Waals surface area contributed by atoms with E-state index in [1.807, 2.05) is 0 Å². The molecule has 0 radical (unpaired) electrons. The Labute approximate surface area is 210 Å². The van der Waals surface area contributed by atoms with Gasteiger partial charge < -0.3 is 20.5 Å². The van der Waals surface area contributed by atoms with Crippen molar-refractivity contribution in [3.63, 3.8) is 0 Å². The van der Waals surface area contributed by atoms with Crippen molar-refractivity contribution in [3.8, 4) is 5.75 Å². The van der Waals surface area contributed by atoms with E-state index < -0.39 is 40.5 Å². The van der Waals surface area contributed by atoms with Crippen LogP contribution in [0.15, 0.2) is 42.5 Å². The summed E-state index contributed by atoms with van der Waals surface area (Å²) in [6.07, 6.45) is -3.62. The fraction of sp³-hybridized carbons (Fsp3) is 0.440. The van der Waals surface area contributed by atoms with Gasteiger partial charge in [-0.2, -0.15) is 13.2 Å². The van der Waals surface area contributed by atoms with Crippen molar-refractivity contribution in [2.75, 3.05) is 6.61 Å². The lowest BCUT2D eigenvalue weighted by atomic mass is 9.55. The summed E-state index contributed by atoms with van der Waals surface area (Å²) in [6.45, 7) is -0.312. The minimum absolute atomic E-state index is 0.0376. The zero-order valence-corrected chi connectivity index (χ0v) is 19.9. The number of benzene rings is 2. The highest BCUT2D eigenvalue weighted by atomic mass is 35.5. The Morgan fingerprint density at radius 2 is 1.75 bits per heavy atom. The molecule has 2 aromatic carbocycles. The van der Waals surface area contributed by atoms with Crippen LogP contribution in [0, 0.1) is 11.2 Å². The maximum Gasteiger partial charge on any atom is 0.416 e. The highest BCUT2D eigenvalue weighted by molar-refractivity contribution is 6.30. The van der Waals surface area contributed by atoms with Gasteiger partial charge in [-0.05, 0) is 61.9 Å². The summed E-state index contributed by atoms with van der Waals surface area (Å²) >= 11 is 5.63. The average Bonchev–Trinajstić information content (AvgIpc) is 2.83. The maximum atomic E-state index is 13.5. The molecule has 0 aliphatic heterocycles. The summed E-state index contributed by atoms with van der Waals surface area (Å²) in [6, 6.07) is 8.37. The molecule has 3 saturated carbocycles. The Morgan fingerprint density at radius 3 is 2.33 bits per heavy atom. The summed E-state index contributed by atoms with van der Waals surface area (Å²) in [5.74, 6) is -1.30. The largest absolute Gasteiger partial charge is 0.484 e. The molecule has 3 N–H and O–H groups in total. The molecule has 3 fully saturated rings. The second-order valence-corrected chi connectivity index (χ2v) is 9.85. The first-order valence-corrected chi connectivity index (χ1v) is 11.8. The van der Waals surface area contributed by atoms with Crippen LogP contribution < -0.4 is 15.4 Å². The number of halogens is 5. The van der Waals surface area contributed by atoms with Gasteiger partial charge >= 0.3 is 6.18 Å². The van der Waals surface area contributed by atoms with Gasteiger partial charge in [-0.3, -0.25) is 9.59 Å². The molecule has 11 heteroatoms. The first kappa shape index (κ1) is 26.2. The standard InChI is InChI=1S/C25H25ClF4N2O4/c26-18-6-5-17(11-19(18)27)36-14-21(34)32-23-7-9-24(10-8-23,20(33)12-23)22(35)31-13-15-1-3-16(4-2-15)25(28,29)30/h1-6,11,20,33H,7-10,12-14H2,(H,31,35)(H,32,34)/t20-,23?,24?/m0/s1. The van der Waals surface area contributed by atoms with E-state index in [2.05, 4.69) is 10.6 Å². The van der Waals surface area contributed by atoms with Crippen molar-refractivity contribution in [1.29, 1.82) is 0 Å². The van der Waals surface area contributed by atoms with E-state index in [1.165, 1.54) is 24.3 Å². The number of aliphatic hydroxyl groups excluding tert-OH is 1. The van der Waals surface area contributed by atoms with Crippen molar-refractivity contribution in [3.05, 3.63) is 64.4 Å². The third-order valence-corrected chi connectivity index (χ3v) is 7.48. The van der Waals surface area contributed by atoms with Gasteiger partial charge in [-0.25, -0.2) is 4.39 Å². The second kappa shape index (κ2) is 9.89. The van der Waals surface area contributed by atoms with Crippen LogP contribution in [0.1, 0.15) is 43.2 Å². The van der Waals surface area contributed by atoms with Gasteiger partial charge in [0.25, 0.3) is 5.91 Å². The number of carbonyl (C=O) groups excluding carboxylic acids is 2. The molecule has 6 nitrogen and oxygen atoms in total. The first-order chi connectivity index (χ1) is 16.9. The fourth-order valence-electron chi connectivity index (χ4n) is 5.05. The smallest absolute Gasteiger partial charge is 0.416 e. The minimum atomic E-state index is -4.43. The summed E-state index contributed by atoms with van der Waals surface area (Å²) in [5.41, 5.74) is -1.96. The van der Waals surface area contributed by atoms with Gasteiger partial charge in [-0.15, -0.1) is 0 Å². The number of ether oxygens (including phenoxy) is 1. The Hall–Kier alpha value is -2.85. The molecule has 0 spiro atoms. The van der Waals surface area contributed by atoms with Crippen molar-refractivity contribution in [2.45, 2.75) is 56.5 Å². The molecular weight excluding hydrogens is 504 g/mol. The molecule has 194 valence electrons. The Bertz CT molecular complexity index is 1130. The normalized spacial score (nSPS) is 25.3. The minimum Gasteiger partial charge on any atom is -0.484 e. The monoisotopic (exact) mass is 528 g/mol. The van der Waals surface area contributed by atoms with E-state index in [1.54, 1.807) is 0 Å². The molecule has 5 rings (SSSR count). The fourth-order valence-corrected chi connectivity index (χ4v) is 5.17. The van der Waals surface area contributed by atoms with Gasteiger partial charge in [0, 0.05) is 18.2 Å². The SMILES string of the molecule is O=C(COc1ccc(Cl)c(F)c1)NC12CCC(C(=O)NCc3ccc(C(F)(F)F)cc3)(CC1)[C@@H](O)C2. The van der Waals surface area contributed by atoms with Crippen LogP contribution in [0.2, 0.25) is 5.02 Å². The topological polar surface area (TPSA) is 87.7 Å². The number of alkyl halides is 3. The van der Waals surface area contributed by atoms with Crippen LogP contribution >= 0.6 is 11.6 Å². The molecule has 2 amide bonds. The third kappa shape index (κ3) is 5.44. The van der Waals surface area contributed by atoms with Crippen molar-refractivity contribution < 1.29 is 37.0 Å². The number of rotatable bonds is 7. The highest BCUT2D eigenvalue weighted by Crippen LogP contribution is 2.52. The molecule has 0 unspecified atom stereocenters. The molecule has 0 heterocycles. The van der Waals surface area contributed by atoms with Gasteiger partial charge in [0.2, 0.25) is 5.91 Å². The number of hydrogen-bond donors (Lipinski definition) is 3. The van der Waals surface area contributed by atoms with E-state index in [0.29, 0.717) is 31.2 Å². The Morgan fingerprint density at radius 1 is 1.08 bits per heavy atom. The van der Waals surface area contributed by atoms with Crippen molar-refractivity contribution in [2.24, 2.45) is 5.41 Å². The lowest BCUT2D eigenvalue weighted by molar-refractivity contribution is -0.156. The van der Waals surface area contributed by atoms with Gasteiger partial charge in [0.05, 0.1) is 22.1 Å². The number of carbonyl (C=O) groups is 2. The van der Waals surface area contributed by atoms with Crippen LogP contribution in [0.4, 0.5) is 17.6 Å². The molecule has 36 heavy (non-hydrogen) atoms. The third-order valence-electron chi connectivity index (χ3n) is 7.17. The van der Waals surface area contributed by atoms with Gasteiger partial charge in [0.15, 0.2) is 6.61 Å². The molecule has 2 aromatic rings. The Kier molecular flexibility index (Phi) is 7.21. The summed E-state index contributed by atoms with van der Waals surface area (Å²) in [5, 5.41) is 16.5. The molecular formula is C25H25ClF4N2O4. The van der Waals surface area contributed by atoms with E-state index in [0.717, 1.165) is 18.2 Å². The van der Waals surface area contributed by atoms with Crippen LogP contribution in [-0.2, 0) is 22.3 Å². The maximum absolute atomic E-state index is 13.5. The van der Waals surface area contributed by atoms with Crippen molar-refractivity contribution in [1.82, 2.24) is 10.6 Å². The molecule has 3 aliphatic rings. The molecule has 2 bridgehead atoms. The van der Waals surface area contributed by atoms with Crippen molar-refractivity contribution >= 4 is 23.4 Å². The lowest BCUT2D eigenvalue weighted by Gasteiger charge is -2.55. The summed E-state index contributed by atoms with van der Waals surface area (Å²) in [7, 11) is 0. The van der Waals surface area contributed by atoms with E-state index >= 15 is 0 Å². The number of fused-ring (bicyclic) bond motifs is 3. The molecule has 3 aliphatic carbocycles. The molecule has 0 saturated heterocycles. The van der Waals surface area contributed by atoms with Crippen LogP contribution in [-0.4, -0.2) is 35.2 Å². The number of hydrogen-bond acceptors (Lipinski definition) is 4. The zero-order valence-electron chi connectivity index (χ0n) is 19.1. The number of nitrogens with one attached hydrogen (secondary N) is 2. The molecule has 1 atom stereocenters.